The highest BCUT2D eigenvalue weighted by molar-refractivity contribution is 7.18. The highest BCUT2D eigenvalue weighted by Gasteiger charge is 2.21. The Kier molecular flexibility index (Phi) is 5.31. The Balaban J connectivity index is 1.50. The lowest BCUT2D eigenvalue weighted by Crippen LogP contribution is -2.31. The van der Waals surface area contributed by atoms with Gasteiger partial charge in [-0.05, 0) is 43.7 Å². The van der Waals surface area contributed by atoms with Crippen LogP contribution >= 0.6 is 11.3 Å². The van der Waals surface area contributed by atoms with Crippen LogP contribution in [0.1, 0.15) is 48.2 Å². The van der Waals surface area contributed by atoms with E-state index in [0.717, 1.165) is 35.0 Å². The minimum atomic E-state index is -0.00470. The van der Waals surface area contributed by atoms with Crippen molar-refractivity contribution >= 4 is 27.5 Å². The molecule has 0 spiro atoms. The smallest absolute Gasteiger partial charge is 0.262 e. The number of amides is 1. The maximum atomic E-state index is 13.0. The van der Waals surface area contributed by atoms with Crippen LogP contribution in [-0.2, 0) is 24.2 Å². The number of thiophene rings is 1. The largest absolute Gasteiger partial charge is 0.339 e. The summed E-state index contributed by atoms with van der Waals surface area (Å²) in [5.74, 6) is 0.0238. The Morgan fingerprint density at radius 2 is 2.00 bits per heavy atom. The molecule has 4 rings (SSSR count). The van der Waals surface area contributed by atoms with E-state index in [4.69, 9.17) is 0 Å². The number of aryl methyl sites for hydroxylation is 3. The number of hydrogen-bond donors (Lipinski definition) is 0. The van der Waals surface area contributed by atoms with E-state index in [9.17, 15) is 9.59 Å². The summed E-state index contributed by atoms with van der Waals surface area (Å²) in [5.41, 5.74) is 2.29. The number of hydrogen-bond acceptors (Lipinski definition) is 4. The lowest BCUT2D eigenvalue weighted by molar-refractivity contribution is -0.132. The van der Waals surface area contributed by atoms with Gasteiger partial charge in [0.2, 0.25) is 5.91 Å². The monoisotopic (exact) mass is 395 g/mol. The fraction of sp³-hybridized carbons (Fsp3) is 0.409. The summed E-state index contributed by atoms with van der Waals surface area (Å²) >= 11 is 1.65. The fourth-order valence-corrected chi connectivity index (χ4v) is 5.12. The molecule has 2 heterocycles. The van der Waals surface area contributed by atoms with E-state index in [1.165, 1.54) is 16.9 Å². The quantitative estimate of drug-likeness (QED) is 0.657. The van der Waals surface area contributed by atoms with Gasteiger partial charge in [-0.1, -0.05) is 30.3 Å². The van der Waals surface area contributed by atoms with E-state index < -0.39 is 0 Å². The van der Waals surface area contributed by atoms with E-state index in [0.29, 0.717) is 6.54 Å². The minimum Gasteiger partial charge on any atom is -0.339 e. The summed E-state index contributed by atoms with van der Waals surface area (Å²) in [6.45, 7) is 2.38. The maximum absolute atomic E-state index is 13.0. The topological polar surface area (TPSA) is 55.2 Å². The molecule has 0 aliphatic heterocycles. The molecular weight excluding hydrogens is 370 g/mol. The summed E-state index contributed by atoms with van der Waals surface area (Å²) in [5, 5.41) is 0.778. The zero-order valence-electron chi connectivity index (χ0n) is 16.4. The Morgan fingerprint density at radius 3 is 2.79 bits per heavy atom. The van der Waals surface area contributed by atoms with Gasteiger partial charge in [-0.25, -0.2) is 4.98 Å². The maximum Gasteiger partial charge on any atom is 0.262 e. The molecule has 2 aromatic heterocycles. The molecule has 146 valence electrons. The van der Waals surface area contributed by atoms with Crippen LogP contribution < -0.4 is 5.56 Å². The molecule has 1 atom stereocenters. The van der Waals surface area contributed by atoms with Crippen LogP contribution in [0.2, 0.25) is 0 Å². The van der Waals surface area contributed by atoms with Gasteiger partial charge in [-0.2, -0.15) is 0 Å². The molecule has 1 amide bonds. The van der Waals surface area contributed by atoms with Crippen molar-refractivity contribution in [3.8, 4) is 0 Å². The van der Waals surface area contributed by atoms with Crippen LogP contribution in [0.4, 0.5) is 0 Å². The molecule has 3 aromatic rings. The summed E-state index contributed by atoms with van der Waals surface area (Å²) in [4.78, 5) is 34.1. The zero-order chi connectivity index (χ0) is 19.7. The third-order valence-electron chi connectivity index (χ3n) is 5.76. The van der Waals surface area contributed by atoms with E-state index in [2.05, 4.69) is 4.98 Å². The van der Waals surface area contributed by atoms with Crippen molar-refractivity contribution < 1.29 is 4.79 Å². The second-order valence-electron chi connectivity index (χ2n) is 7.48. The molecule has 0 saturated heterocycles. The van der Waals surface area contributed by atoms with Gasteiger partial charge in [0, 0.05) is 24.9 Å². The van der Waals surface area contributed by atoms with Crippen LogP contribution in [0.5, 0.6) is 0 Å². The van der Waals surface area contributed by atoms with Crippen molar-refractivity contribution in [2.24, 2.45) is 0 Å². The predicted molar refractivity (Wildman–Crippen MR) is 113 cm³/mol. The molecule has 1 aromatic carbocycles. The van der Waals surface area contributed by atoms with Crippen LogP contribution in [0.15, 0.2) is 41.5 Å². The van der Waals surface area contributed by atoms with Crippen molar-refractivity contribution in [3.05, 3.63) is 63.0 Å². The van der Waals surface area contributed by atoms with Crippen LogP contribution in [-0.4, -0.2) is 27.4 Å². The summed E-state index contributed by atoms with van der Waals surface area (Å²) in [6.07, 6.45) is 6.22. The van der Waals surface area contributed by atoms with Crippen molar-refractivity contribution in [3.63, 3.8) is 0 Å². The van der Waals surface area contributed by atoms with Gasteiger partial charge in [0.25, 0.3) is 5.56 Å². The van der Waals surface area contributed by atoms with E-state index in [-0.39, 0.29) is 23.9 Å². The number of benzene rings is 1. The first-order chi connectivity index (χ1) is 13.6. The molecule has 5 nitrogen and oxygen atoms in total. The Hall–Kier alpha value is -2.47. The number of rotatable bonds is 5. The first kappa shape index (κ1) is 18.9. The van der Waals surface area contributed by atoms with Gasteiger partial charge in [-0.15, -0.1) is 11.3 Å². The summed E-state index contributed by atoms with van der Waals surface area (Å²) < 4.78 is 1.60. The zero-order valence-corrected chi connectivity index (χ0v) is 17.2. The summed E-state index contributed by atoms with van der Waals surface area (Å²) in [7, 11) is 1.82. The molecular formula is C22H25N3O2S. The molecule has 0 radical (unpaired) electrons. The Bertz CT molecular complexity index is 1050. The molecule has 28 heavy (non-hydrogen) atoms. The van der Waals surface area contributed by atoms with Gasteiger partial charge in [0.05, 0.1) is 17.8 Å². The number of aromatic nitrogens is 2. The Labute approximate surface area is 168 Å². The molecule has 0 unspecified atom stereocenters. The number of fused-ring (bicyclic) bond motifs is 3. The SMILES string of the molecule is C[C@H](c1ccccc1)N(C)C(=O)CCn1cnc2sc3c(c2c1=O)CCCC3. The second kappa shape index (κ2) is 7.87. The molecule has 0 saturated carbocycles. The molecule has 6 heteroatoms. The van der Waals surface area contributed by atoms with Gasteiger partial charge in [0.15, 0.2) is 0 Å². The number of nitrogens with zero attached hydrogens (tertiary/aromatic N) is 3. The first-order valence-electron chi connectivity index (χ1n) is 9.86. The summed E-state index contributed by atoms with van der Waals surface area (Å²) in [6, 6.07) is 9.97. The van der Waals surface area contributed by atoms with Gasteiger partial charge in [-0.3, -0.25) is 14.2 Å². The predicted octanol–water partition coefficient (Wildman–Crippen LogP) is 3.95. The Morgan fingerprint density at radius 1 is 1.25 bits per heavy atom. The van der Waals surface area contributed by atoms with Gasteiger partial charge < -0.3 is 4.90 Å². The molecule has 0 N–H and O–H groups in total. The fourth-order valence-electron chi connectivity index (χ4n) is 3.90. The lowest BCUT2D eigenvalue weighted by atomic mass is 9.97. The van der Waals surface area contributed by atoms with Crippen molar-refractivity contribution in [1.29, 1.82) is 0 Å². The molecule has 1 aliphatic carbocycles. The minimum absolute atomic E-state index is 0.00374. The highest BCUT2D eigenvalue weighted by Crippen LogP contribution is 2.33. The van der Waals surface area contributed by atoms with Crippen LogP contribution in [0.25, 0.3) is 10.2 Å². The number of carbonyl (C=O) groups is 1. The third kappa shape index (κ3) is 3.49. The lowest BCUT2D eigenvalue weighted by Gasteiger charge is -2.25. The first-order valence-corrected chi connectivity index (χ1v) is 10.7. The second-order valence-corrected chi connectivity index (χ2v) is 8.56. The average molecular weight is 396 g/mol. The highest BCUT2D eigenvalue weighted by atomic mass is 32.1. The molecule has 0 fully saturated rings. The molecule has 0 bridgehead atoms. The average Bonchev–Trinajstić information content (AvgIpc) is 3.12. The normalized spacial score (nSPS) is 14.6. The van der Waals surface area contributed by atoms with Gasteiger partial charge in [0.1, 0.15) is 4.83 Å². The van der Waals surface area contributed by atoms with Gasteiger partial charge >= 0.3 is 0 Å². The molecule has 1 aliphatic rings. The van der Waals surface area contributed by atoms with E-state index in [1.54, 1.807) is 27.1 Å². The van der Waals surface area contributed by atoms with Crippen molar-refractivity contribution in [1.82, 2.24) is 14.5 Å². The van der Waals surface area contributed by atoms with Crippen LogP contribution in [0.3, 0.4) is 0 Å². The van der Waals surface area contributed by atoms with Crippen molar-refractivity contribution in [2.75, 3.05) is 7.05 Å². The standard InChI is InChI=1S/C22H25N3O2S/c1-15(16-8-4-3-5-9-16)24(2)19(26)12-13-25-14-23-21-20(22(25)27)17-10-6-7-11-18(17)28-21/h3-5,8-9,14-15H,6-7,10-13H2,1-2H3/t15-/m1/s1. The van der Waals surface area contributed by atoms with Crippen LogP contribution in [0, 0.1) is 0 Å². The van der Waals surface area contributed by atoms with Crippen molar-refractivity contribution in [2.45, 2.75) is 51.6 Å². The number of carbonyl (C=O) groups excluding carboxylic acids is 1. The third-order valence-corrected chi connectivity index (χ3v) is 6.96. The van der Waals surface area contributed by atoms with E-state index in [1.807, 2.05) is 44.3 Å². The van der Waals surface area contributed by atoms with E-state index >= 15 is 0 Å².